The lowest BCUT2D eigenvalue weighted by molar-refractivity contribution is -0.144. The van der Waals surface area contributed by atoms with E-state index >= 15 is 0 Å². The smallest absolute Gasteiger partial charge is 0.329 e. The Bertz CT molecular complexity index is 641. The first-order valence-corrected chi connectivity index (χ1v) is 6.34. The Morgan fingerprint density at radius 1 is 1.29 bits per heavy atom. The second-order valence-electron chi connectivity index (χ2n) is 6.04. The van der Waals surface area contributed by atoms with E-state index in [2.05, 4.69) is 5.32 Å². The number of nitrogens with zero attached hydrogens (tertiary/aromatic N) is 1. The van der Waals surface area contributed by atoms with Crippen LogP contribution in [-0.2, 0) is 9.59 Å². The predicted molar refractivity (Wildman–Crippen MR) is 73.3 cm³/mol. The van der Waals surface area contributed by atoms with Gasteiger partial charge in [-0.3, -0.25) is 9.69 Å². The fraction of sp³-hybridized carbons (Fsp3) is 0.429. The number of fused-ring (bicyclic) bond motifs is 1. The molecule has 0 aromatic heterocycles. The number of carboxylic acid groups (broad SMARTS) is 1. The van der Waals surface area contributed by atoms with Crippen LogP contribution in [0.15, 0.2) is 12.1 Å². The highest BCUT2D eigenvalue weighted by molar-refractivity contribution is 6.11. The number of anilines is 2. The van der Waals surface area contributed by atoms with Gasteiger partial charge in [-0.15, -0.1) is 0 Å². The van der Waals surface area contributed by atoms with Gasteiger partial charge in [0, 0.05) is 12.1 Å². The van der Waals surface area contributed by atoms with Gasteiger partial charge in [0.15, 0.2) is 11.6 Å². The number of nitrogens with one attached hydrogen (secondary N) is 1. The molecule has 1 amide bonds. The minimum Gasteiger partial charge on any atom is -0.480 e. The minimum atomic E-state index is -1.60. The van der Waals surface area contributed by atoms with Crippen molar-refractivity contribution in [2.45, 2.75) is 38.8 Å². The molecule has 114 valence electrons. The molecule has 2 rings (SSSR count). The molecule has 0 aliphatic carbocycles. The summed E-state index contributed by atoms with van der Waals surface area (Å²) in [6.07, 6.45) is 0. The van der Waals surface area contributed by atoms with Crippen molar-refractivity contribution in [1.29, 1.82) is 0 Å². The molecule has 0 bridgehead atoms. The SMILES string of the molecule is CC1(C)Nc2cc(F)c(F)cc2N(C(C)(C)C(=O)O)C1=O. The van der Waals surface area contributed by atoms with E-state index in [4.69, 9.17) is 0 Å². The van der Waals surface area contributed by atoms with Gasteiger partial charge in [0.2, 0.25) is 0 Å². The van der Waals surface area contributed by atoms with Crippen LogP contribution in [0.1, 0.15) is 27.7 Å². The summed E-state index contributed by atoms with van der Waals surface area (Å²) < 4.78 is 26.9. The zero-order chi connectivity index (χ0) is 16.2. The third-order valence-electron chi connectivity index (χ3n) is 3.55. The molecule has 0 unspecified atom stereocenters. The number of amides is 1. The average molecular weight is 298 g/mol. The highest BCUT2D eigenvalue weighted by Crippen LogP contribution is 2.40. The van der Waals surface area contributed by atoms with Crippen LogP contribution in [0.2, 0.25) is 0 Å². The topological polar surface area (TPSA) is 69.6 Å². The quantitative estimate of drug-likeness (QED) is 0.879. The van der Waals surface area contributed by atoms with Gasteiger partial charge >= 0.3 is 5.97 Å². The van der Waals surface area contributed by atoms with Crippen molar-refractivity contribution in [3.05, 3.63) is 23.8 Å². The third kappa shape index (κ3) is 2.22. The van der Waals surface area contributed by atoms with E-state index in [9.17, 15) is 23.5 Å². The highest BCUT2D eigenvalue weighted by atomic mass is 19.2. The first-order chi connectivity index (χ1) is 9.48. The number of benzene rings is 1. The van der Waals surface area contributed by atoms with Crippen molar-refractivity contribution in [2.24, 2.45) is 0 Å². The molecule has 0 saturated carbocycles. The van der Waals surface area contributed by atoms with Gasteiger partial charge in [0.1, 0.15) is 11.1 Å². The Morgan fingerprint density at radius 2 is 1.81 bits per heavy atom. The molecular formula is C14H16F2N2O3. The third-order valence-corrected chi connectivity index (χ3v) is 3.55. The molecule has 0 spiro atoms. The van der Waals surface area contributed by atoms with Crippen LogP contribution >= 0.6 is 0 Å². The molecule has 0 fully saturated rings. The number of rotatable bonds is 2. The van der Waals surface area contributed by atoms with E-state index in [1.165, 1.54) is 13.8 Å². The van der Waals surface area contributed by atoms with Crippen LogP contribution in [0.4, 0.5) is 20.2 Å². The second-order valence-corrected chi connectivity index (χ2v) is 6.04. The molecule has 21 heavy (non-hydrogen) atoms. The standard InChI is InChI=1S/C14H16F2N2O3/c1-13(2)11(19)18(14(3,4)12(20)21)10-6-8(16)7(15)5-9(10)17-13/h5-6,17H,1-4H3,(H,20,21). The number of halogens is 2. The first kappa shape index (κ1) is 15.2. The van der Waals surface area contributed by atoms with Gasteiger partial charge in [0.05, 0.1) is 11.4 Å². The summed E-state index contributed by atoms with van der Waals surface area (Å²) in [6, 6.07) is 1.75. The van der Waals surface area contributed by atoms with Crippen molar-refractivity contribution in [1.82, 2.24) is 0 Å². The molecule has 7 heteroatoms. The molecule has 1 aliphatic rings. The van der Waals surface area contributed by atoms with Crippen LogP contribution < -0.4 is 10.2 Å². The van der Waals surface area contributed by atoms with Crippen molar-refractivity contribution >= 4 is 23.3 Å². The summed E-state index contributed by atoms with van der Waals surface area (Å²) >= 11 is 0. The molecule has 2 N–H and O–H groups in total. The fourth-order valence-electron chi connectivity index (χ4n) is 2.25. The van der Waals surface area contributed by atoms with E-state index in [1.54, 1.807) is 13.8 Å². The van der Waals surface area contributed by atoms with Gasteiger partial charge in [-0.05, 0) is 27.7 Å². The van der Waals surface area contributed by atoms with E-state index < -0.39 is 34.6 Å². The first-order valence-electron chi connectivity index (χ1n) is 6.34. The summed E-state index contributed by atoms with van der Waals surface area (Å²) in [5.74, 6) is -3.99. The van der Waals surface area contributed by atoms with E-state index in [1.807, 2.05) is 0 Å². The summed E-state index contributed by atoms with van der Waals surface area (Å²) in [4.78, 5) is 25.0. The van der Waals surface area contributed by atoms with Crippen LogP contribution in [0.3, 0.4) is 0 Å². The average Bonchev–Trinajstić information content (AvgIpc) is 2.33. The zero-order valence-electron chi connectivity index (χ0n) is 12.1. The van der Waals surface area contributed by atoms with Crippen LogP contribution in [0.5, 0.6) is 0 Å². The molecule has 1 heterocycles. The number of hydrogen-bond acceptors (Lipinski definition) is 3. The minimum absolute atomic E-state index is 0.00521. The van der Waals surface area contributed by atoms with E-state index in [0.29, 0.717) is 0 Å². The summed E-state index contributed by atoms with van der Waals surface area (Å²) in [5.41, 5.74) is -2.56. The van der Waals surface area contributed by atoms with Crippen molar-refractivity contribution in [3.8, 4) is 0 Å². The molecule has 0 atom stereocenters. The van der Waals surface area contributed by atoms with Gasteiger partial charge in [-0.25, -0.2) is 13.6 Å². The lowest BCUT2D eigenvalue weighted by atomic mass is 9.92. The van der Waals surface area contributed by atoms with Gasteiger partial charge in [-0.1, -0.05) is 0 Å². The normalized spacial score (nSPS) is 17.2. The molecule has 5 nitrogen and oxygen atoms in total. The maximum absolute atomic E-state index is 13.5. The molecule has 0 radical (unpaired) electrons. The van der Waals surface area contributed by atoms with E-state index in [0.717, 1.165) is 17.0 Å². The number of aliphatic carboxylic acids is 1. The monoisotopic (exact) mass is 298 g/mol. The van der Waals surface area contributed by atoms with Gasteiger partial charge in [0.25, 0.3) is 5.91 Å². The number of carboxylic acids is 1. The van der Waals surface area contributed by atoms with Gasteiger partial charge in [-0.2, -0.15) is 0 Å². The summed E-state index contributed by atoms with van der Waals surface area (Å²) in [7, 11) is 0. The van der Waals surface area contributed by atoms with Crippen LogP contribution in [0.25, 0.3) is 0 Å². The summed E-state index contributed by atoms with van der Waals surface area (Å²) in [6.45, 7) is 5.76. The Labute approximate surface area is 120 Å². The maximum Gasteiger partial charge on any atom is 0.329 e. The summed E-state index contributed by atoms with van der Waals surface area (Å²) in [5, 5.41) is 12.2. The van der Waals surface area contributed by atoms with Crippen molar-refractivity contribution in [3.63, 3.8) is 0 Å². The van der Waals surface area contributed by atoms with Crippen LogP contribution in [-0.4, -0.2) is 28.1 Å². The zero-order valence-corrected chi connectivity index (χ0v) is 12.1. The Morgan fingerprint density at radius 3 is 2.33 bits per heavy atom. The number of carbonyl (C=O) groups excluding carboxylic acids is 1. The predicted octanol–water partition coefficient (Wildman–Crippen LogP) is 2.37. The fourth-order valence-corrected chi connectivity index (χ4v) is 2.25. The van der Waals surface area contributed by atoms with Crippen LogP contribution in [0, 0.1) is 11.6 Å². The molecule has 1 aromatic carbocycles. The Balaban J connectivity index is 2.73. The molecule has 1 aliphatic heterocycles. The molecular weight excluding hydrogens is 282 g/mol. The number of carbonyl (C=O) groups is 2. The van der Waals surface area contributed by atoms with E-state index in [-0.39, 0.29) is 11.4 Å². The maximum atomic E-state index is 13.5. The number of hydrogen-bond donors (Lipinski definition) is 2. The van der Waals surface area contributed by atoms with Crippen molar-refractivity contribution in [2.75, 3.05) is 10.2 Å². The largest absolute Gasteiger partial charge is 0.480 e. The molecule has 0 saturated heterocycles. The van der Waals surface area contributed by atoms with Gasteiger partial charge < -0.3 is 10.4 Å². The highest BCUT2D eigenvalue weighted by Gasteiger charge is 2.48. The van der Waals surface area contributed by atoms with Crippen molar-refractivity contribution < 1.29 is 23.5 Å². The Hall–Kier alpha value is -2.18. The lowest BCUT2D eigenvalue weighted by Gasteiger charge is -2.45. The second kappa shape index (κ2) is 4.41. The molecule has 1 aromatic rings. The Kier molecular flexibility index (Phi) is 3.19. The lowest BCUT2D eigenvalue weighted by Crippen LogP contribution is -2.63.